The molecule has 0 saturated heterocycles. The number of benzene rings is 11. The van der Waals surface area contributed by atoms with Crippen LogP contribution in [-0.2, 0) is 0 Å². The van der Waals surface area contributed by atoms with Gasteiger partial charge >= 0.3 is 0 Å². The van der Waals surface area contributed by atoms with Gasteiger partial charge in [0.05, 0.1) is 72.4 Å². The van der Waals surface area contributed by atoms with Crippen molar-refractivity contribution < 1.29 is 0 Å². The number of para-hydroxylation sites is 1. The van der Waals surface area contributed by atoms with E-state index in [0.29, 0.717) is 5.56 Å². The number of hydrogen-bond donors (Lipinski definition) is 0. The molecule has 87 heavy (non-hydrogen) atoms. The smallest absolute Gasteiger partial charge is 0.145 e. The van der Waals surface area contributed by atoms with E-state index in [0.717, 1.165) is 171 Å². The number of pyridine rings is 1. The molecule has 0 radical (unpaired) electrons. The lowest BCUT2D eigenvalue weighted by molar-refractivity contribution is 1.03. The predicted octanol–water partition coefficient (Wildman–Crippen LogP) is 20.6. The van der Waals surface area contributed by atoms with Crippen LogP contribution in [0.4, 0.5) is 0 Å². The molecule has 0 aliphatic heterocycles. The second-order valence-corrected chi connectivity index (χ2v) is 24.5. The van der Waals surface area contributed by atoms with Crippen molar-refractivity contribution in [1.82, 2.24) is 27.8 Å². The van der Waals surface area contributed by atoms with Crippen molar-refractivity contribution in [3.63, 3.8) is 0 Å². The van der Waals surface area contributed by atoms with Crippen molar-refractivity contribution in [2.24, 2.45) is 0 Å². The fraction of sp³-hybridized carbons (Fsp3) is 0.100. The SMILES string of the molecule is Cc1ccc2c(c1)c1cc(C)ccc1n2-c1c(C#N)c(-n2c3ccc(C)cc3c3cc(C)ccc32)c(-n2c3ccc(C)cc3c3cc(C)ccc32)c(-c2cccc(-n3c4ccccc4c4cccnc43)c2)c1-n1c2ccc(C)cc2c2cc(C)ccc21. The van der Waals surface area contributed by atoms with Gasteiger partial charge in [-0.3, -0.25) is 4.57 Å². The van der Waals surface area contributed by atoms with Crippen LogP contribution >= 0.6 is 0 Å². The highest BCUT2D eigenvalue weighted by Crippen LogP contribution is 2.53. The number of aryl methyl sites for hydroxylation is 8. The Balaban J connectivity index is 1.22. The molecule has 0 atom stereocenters. The molecular formula is C80H59N7. The topological polar surface area (TPSA) is 61.3 Å². The monoisotopic (exact) mass is 1120 g/mol. The highest BCUT2D eigenvalue weighted by atomic mass is 15.1. The molecule has 0 N–H and O–H groups in total. The average molecular weight is 1120 g/mol. The maximum Gasteiger partial charge on any atom is 0.145 e. The molecule has 11 aromatic carbocycles. The van der Waals surface area contributed by atoms with Gasteiger partial charge in [-0.25, -0.2) is 4.98 Å². The molecule has 17 aromatic rings. The molecular weight excluding hydrogens is 1060 g/mol. The van der Waals surface area contributed by atoms with Gasteiger partial charge in [0.1, 0.15) is 17.3 Å². The molecule has 0 unspecified atom stereocenters. The number of aromatic nitrogens is 6. The third kappa shape index (κ3) is 7.25. The lowest BCUT2D eigenvalue weighted by Gasteiger charge is -2.29. The van der Waals surface area contributed by atoms with E-state index < -0.39 is 0 Å². The van der Waals surface area contributed by atoms with Crippen LogP contribution in [0.25, 0.3) is 149 Å². The third-order valence-corrected chi connectivity index (χ3v) is 18.5. The summed E-state index contributed by atoms with van der Waals surface area (Å²) >= 11 is 0. The Morgan fingerprint density at radius 3 is 0.966 bits per heavy atom. The van der Waals surface area contributed by atoms with Gasteiger partial charge in [0.15, 0.2) is 0 Å². The lowest BCUT2D eigenvalue weighted by Crippen LogP contribution is -2.16. The zero-order valence-corrected chi connectivity index (χ0v) is 49.8. The minimum atomic E-state index is 0.537. The number of rotatable bonds is 6. The Hall–Kier alpha value is -10.9. The fourth-order valence-electron chi connectivity index (χ4n) is 14.8. The summed E-state index contributed by atoms with van der Waals surface area (Å²) < 4.78 is 12.2. The number of nitriles is 1. The zero-order valence-electron chi connectivity index (χ0n) is 49.8. The molecule has 0 spiro atoms. The maximum atomic E-state index is 13.2. The molecule has 414 valence electrons. The van der Waals surface area contributed by atoms with Crippen LogP contribution in [0.1, 0.15) is 50.1 Å². The highest BCUT2D eigenvalue weighted by molar-refractivity contribution is 6.18. The van der Waals surface area contributed by atoms with Crippen molar-refractivity contribution in [3.05, 3.63) is 263 Å². The molecule has 6 heterocycles. The van der Waals surface area contributed by atoms with Gasteiger partial charge in [-0.1, -0.05) is 123 Å². The van der Waals surface area contributed by atoms with E-state index in [4.69, 9.17) is 4.98 Å². The molecule has 7 heteroatoms. The largest absolute Gasteiger partial charge is 0.306 e. The van der Waals surface area contributed by atoms with Gasteiger partial charge in [-0.2, -0.15) is 5.26 Å². The van der Waals surface area contributed by atoms with Crippen molar-refractivity contribution >= 4 is 109 Å². The maximum absolute atomic E-state index is 13.2. The molecule has 17 rings (SSSR count). The Bertz CT molecular complexity index is 5370. The predicted molar refractivity (Wildman–Crippen MR) is 364 cm³/mol. The van der Waals surface area contributed by atoms with Gasteiger partial charge in [-0.05, 0) is 188 Å². The van der Waals surface area contributed by atoms with Gasteiger partial charge in [-0.15, -0.1) is 0 Å². The van der Waals surface area contributed by atoms with Crippen molar-refractivity contribution in [3.8, 4) is 45.6 Å². The molecule has 0 fully saturated rings. The first-order valence-electron chi connectivity index (χ1n) is 30.1. The first-order valence-corrected chi connectivity index (χ1v) is 30.1. The highest BCUT2D eigenvalue weighted by Gasteiger charge is 2.35. The Kier molecular flexibility index (Phi) is 10.8. The van der Waals surface area contributed by atoms with Crippen molar-refractivity contribution in [1.29, 1.82) is 5.26 Å². The number of fused-ring (bicyclic) bond motifs is 15. The Labute approximate surface area is 503 Å². The van der Waals surface area contributed by atoms with E-state index in [1.807, 2.05) is 12.3 Å². The molecule has 0 aliphatic rings. The van der Waals surface area contributed by atoms with E-state index >= 15 is 0 Å². The lowest BCUT2D eigenvalue weighted by atomic mass is 9.93. The number of hydrogen-bond acceptors (Lipinski definition) is 2. The van der Waals surface area contributed by atoms with Crippen LogP contribution in [0, 0.1) is 66.7 Å². The van der Waals surface area contributed by atoms with Gasteiger partial charge < -0.3 is 18.3 Å². The quantitative estimate of drug-likeness (QED) is 0.167. The van der Waals surface area contributed by atoms with Gasteiger partial charge in [0.25, 0.3) is 0 Å². The zero-order chi connectivity index (χ0) is 58.8. The Morgan fingerprint density at radius 1 is 0.287 bits per heavy atom. The summed E-state index contributed by atoms with van der Waals surface area (Å²) in [7, 11) is 0. The molecule has 6 aromatic heterocycles. The minimum Gasteiger partial charge on any atom is -0.306 e. The van der Waals surface area contributed by atoms with Crippen LogP contribution in [0.5, 0.6) is 0 Å². The summed E-state index contributed by atoms with van der Waals surface area (Å²) in [6, 6.07) is 80.0. The second kappa shape index (κ2) is 18.5. The van der Waals surface area contributed by atoms with Crippen LogP contribution in [0.2, 0.25) is 0 Å². The standard InChI is InChI=1S/C80H59N7/c1-45-18-26-67-57(35-45)58-36-46(2)19-27-68(58)84(67)76-65(44-81)77(85-69-28-20-47(3)37-59(69)60-38-48(4)21-29-70(60)85)79(87-73-32-24-51(7)41-63(73)64-42-52(8)25-33-74(64)87)75(78(76)86-71-30-22-49(5)39-61(71)62-40-50(6)23-31-72(62)86)53-13-11-14-54(43-53)83-66-17-10-9-15-55(66)56-16-12-34-82-80(56)83/h9-43H,1-8H3. The molecule has 7 nitrogen and oxygen atoms in total. The normalized spacial score (nSPS) is 12.1. The van der Waals surface area contributed by atoms with Crippen LogP contribution < -0.4 is 0 Å². The second-order valence-electron chi connectivity index (χ2n) is 24.5. The van der Waals surface area contributed by atoms with E-state index in [1.54, 1.807) is 0 Å². The average Bonchev–Trinajstić information content (AvgIpc) is 1.66. The van der Waals surface area contributed by atoms with Crippen molar-refractivity contribution in [2.45, 2.75) is 55.4 Å². The van der Waals surface area contributed by atoms with E-state index in [2.05, 4.69) is 284 Å². The summed E-state index contributed by atoms with van der Waals surface area (Å²) in [5.74, 6) is 0. The number of nitrogens with zero attached hydrogens (tertiary/aromatic N) is 7. The summed E-state index contributed by atoms with van der Waals surface area (Å²) in [5.41, 5.74) is 26.3. The van der Waals surface area contributed by atoms with Crippen molar-refractivity contribution in [2.75, 3.05) is 0 Å². The van der Waals surface area contributed by atoms with E-state index in [1.165, 1.54) is 22.3 Å². The first-order chi connectivity index (χ1) is 42.4. The van der Waals surface area contributed by atoms with Gasteiger partial charge in [0.2, 0.25) is 0 Å². The van der Waals surface area contributed by atoms with Gasteiger partial charge in [0, 0.05) is 71.3 Å². The summed E-state index contributed by atoms with van der Waals surface area (Å²) in [5, 5.41) is 24.5. The third-order valence-electron chi connectivity index (χ3n) is 18.5. The van der Waals surface area contributed by atoms with E-state index in [9.17, 15) is 5.26 Å². The van der Waals surface area contributed by atoms with E-state index in [-0.39, 0.29) is 0 Å². The van der Waals surface area contributed by atoms with Crippen LogP contribution in [0.3, 0.4) is 0 Å². The van der Waals surface area contributed by atoms with Crippen LogP contribution in [0.15, 0.2) is 212 Å². The first kappa shape index (κ1) is 50.6. The minimum absolute atomic E-state index is 0.537. The summed E-state index contributed by atoms with van der Waals surface area (Å²) in [6.07, 6.45) is 1.90. The molecule has 0 bridgehead atoms. The van der Waals surface area contributed by atoms with Crippen LogP contribution in [-0.4, -0.2) is 27.8 Å². The fourth-order valence-corrected chi connectivity index (χ4v) is 14.8. The molecule has 0 aliphatic carbocycles. The summed E-state index contributed by atoms with van der Waals surface area (Å²) in [6.45, 7) is 17.5. The molecule has 0 amide bonds. The molecule has 0 saturated carbocycles. The summed E-state index contributed by atoms with van der Waals surface area (Å²) in [4.78, 5) is 5.15. The Morgan fingerprint density at radius 2 is 0.609 bits per heavy atom.